The van der Waals surface area contributed by atoms with Crippen LogP contribution >= 0.6 is 0 Å². The van der Waals surface area contributed by atoms with Crippen molar-refractivity contribution < 1.29 is 34.3 Å². The largest absolute Gasteiger partial charge is 0.492 e. The molecule has 4 aliphatic heterocycles. The van der Waals surface area contributed by atoms with Crippen LogP contribution in [0.25, 0.3) is 0 Å². The van der Waals surface area contributed by atoms with Crippen molar-refractivity contribution >= 4 is 5.97 Å². The lowest BCUT2D eigenvalue weighted by atomic mass is 9.73. The Morgan fingerprint density at radius 2 is 1.93 bits per heavy atom. The molecule has 0 amide bonds. The highest BCUT2D eigenvalue weighted by atomic mass is 16.6. The molecule has 42 heavy (non-hydrogen) atoms. The monoisotopic (exact) mass is 581 g/mol. The number of aliphatic hydroxyl groups is 3. The van der Waals surface area contributed by atoms with Crippen molar-refractivity contribution in [3.8, 4) is 0 Å². The third kappa shape index (κ3) is 6.05. The summed E-state index contributed by atoms with van der Waals surface area (Å²) < 4.78 is 17.4. The predicted molar refractivity (Wildman–Crippen MR) is 159 cm³/mol. The van der Waals surface area contributed by atoms with E-state index < -0.39 is 24.6 Å². The Kier molecular flexibility index (Phi) is 10.1. The number of rotatable bonds is 11. The van der Waals surface area contributed by atoms with E-state index in [1.54, 1.807) is 0 Å². The van der Waals surface area contributed by atoms with Crippen molar-refractivity contribution in [3.63, 3.8) is 0 Å². The molecule has 2 fully saturated rings. The lowest BCUT2D eigenvalue weighted by Crippen LogP contribution is -2.57. The minimum absolute atomic E-state index is 0.00927. The van der Waals surface area contributed by atoms with Crippen LogP contribution in [0, 0.1) is 17.8 Å². The Hall–Kier alpha value is -2.65. The maximum Gasteiger partial charge on any atom is 0.345 e. The fraction of sp³-hybridized carbons (Fsp3) is 0.618. The molecule has 1 aromatic carbocycles. The number of hydrogen-bond donors (Lipinski definition) is 3. The Morgan fingerprint density at radius 3 is 2.64 bits per heavy atom. The summed E-state index contributed by atoms with van der Waals surface area (Å²) in [5, 5.41) is 31.8. The van der Waals surface area contributed by atoms with Crippen LogP contribution in [0.1, 0.15) is 69.9 Å². The van der Waals surface area contributed by atoms with E-state index in [2.05, 4.69) is 42.2 Å². The van der Waals surface area contributed by atoms with Crippen LogP contribution < -0.4 is 0 Å². The maximum absolute atomic E-state index is 12.5. The van der Waals surface area contributed by atoms with Gasteiger partial charge in [-0.15, -0.1) is 0 Å². The minimum Gasteiger partial charge on any atom is -0.492 e. The van der Waals surface area contributed by atoms with Gasteiger partial charge < -0.3 is 29.5 Å². The Morgan fingerprint density at radius 1 is 1.12 bits per heavy atom. The van der Waals surface area contributed by atoms with E-state index in [1.165, 1.54) is 37.5 Å². The summed E-state index contributed by atoms with van der Waals surface area (Å²) in [7, 11) is 1.43. The van der Waals surface area contributed by atoms with Crippen molar-refractivity contribution in [2.75, 3.05) is 26.9 Å². The van der Waals surface area contributed by atoms with E-state index in [0.717, 1.165) is 44.4 Å². The number of hydrogen-bond acceptors (Lipinski definition) is 8. The average Bonchev–Trinajstić information content (AvgIpc) is 3.47. The fourth-order valence-electron chi connectivity index (χ4n) is 7.60. The summed E-state index contributed by atoms with van der Waals surface area (Å²) in [6, 6.07) is 9.03. The molecule has 8 nitrogen and oxygen atoms in total. The minimum atomic E-state index is -0.666. The van der Waals surface area contributed by atoms with Crippen LogP contribution in [-0.2, 0) is 31.8 Å². The van der Waals surface area contributed by atoms with Gasteiger partial charge in [0.15, 0.2) is 11.5 Å². The number of aryl methyl sites for hydroxylation is 1. The smallest absolute Gasteiger partial charge is 0.345 e. The highest BCUT2D eigenvalue weighted by Crippen LogP contribution is 2.50. The van der Waals surface area contributed by atoms with Gasteiger partial charge in [-0.3, -0.25) is 4.90 Å². The number of aliphatic hydroxyl groups excluding tert-OH is 3. The summed E-state index contributed by atoms with van der Waals surface area (Å²) in [5.74, 6) is 0.528. The Labute approximate surface area is 249 Å². The normalized spacial score (nSPS) is 30.3. The van der Waals surface area contributed by atoms with Crippen molar-refractivity contribution in [2.24, 2.45) is 17.8 Å². The van der Waals surface area contributed by atoms with Gasteiger partial charge in [0.2, 0.25) is 5.76 Å². The van der Waals surface area contributed by atoms with E-state index in [9.17, 15) is 20.1 Å². The molecule has 2 saturated heterocycles. The second-order valence-corrected chi connectivity index (χ2v) is 12.2. The molecule has 230 valence electrons. The van der Waals surface area contributed by atoms with Gasteiger partial charge in [-0.2, -0.15) is 0 Å². The summed E-state index contributed by atoms with van der Waals surface area (Å²) in [6.45, 7) is 4.37. The van der Waals surface area contributed by atoms with Gasteiger partial charge >= 0.3 is 5.97 Å². The predicted octanol–water partition coefficient (Wildman–Crippen LogP) is 4.39. The number of nitrogens with zero attached hydrogens (tertiary/aromatic N) is 1. The highest BCUT2D eigenvalue weighted by molar-refractivity contribution is 5.94. The second-order valence-electron chi connectivity index (χ2n) is 12.2. The van der Waals surface area contributed by atoms with Crippen molar-refractivity contribution in [1.82, 2.24) is 4.90 Å². The van der Waals surface area contributed by atoms with Gasteiger partial charge in [0.25, 0.3) is 0 Å². The van der Waals surface area contributed by atoms with Crippen LogP contribution in [0.4, 0.5) is 0 Å². The number of fused-ring (bicyclic) bond motifs is 3. The number of cyclic esters (lactones) is 1. The summed E-state index contributed by atoms with van der Waals surface area (Å²) in [5.41, 5.74) is 2.77. The molecule has 8 heteroatoms. The van der Waals surface area contributed by atoms with E-state index in [1.807, 2.05) is 6.92 Å². The summed E-state index contributed by atoms with van der Waals surface area (Å²) in [4.78, 5) is 14.9. The van der Waals surface area contributed by atoms with E-state index >= 15 is 0 Å². The van der Waals surface area contributed by atoms with E-state index in [0.29, 0.717) is 18.1 Å². The highest BCUT2D eigenvalue weighted by Gasteiger charge is 2.52. The molecule has 1 aromatic rings. The van der Waals surface area contributed by atoms with Gasteiger partial charge in [-0.1, -0.05) is 51.0 Å². The van der Waals surface area contributed by atoms with E-state index in [-0.39, 0.29) is 41.7 Å². The molecule has 0 spiro atoms. The zero-order chi connectivity index (χ0) is 29.8. The average molecular weight is 582 g/mol. The van der Waals surface area contributed by atoms with Crippen molar-refractivity contribution in [3.05, 3.63) is 70.1 Å². The zero-order valence-electron chi connectivity index (χ0n) is 25.3. The number of benzene rings is 1. The first kappa shape index (κ1) is 30.8. The summed E-state index contributed by atoms with van der Waals surface area (Å²) >= 11 is 0. The standard InChI is InChI=1S/C34H47NO7/c1-4-6-7-10-21-11-8-12-22(15-21)16-23-17-26(28(38)5-2)35-14-9-13-29-30(27(35)18-23)24(19-36)32(41-29)33-31(40-3)25(20-37)34(39)42-33/h8,11-13,15,23-24,26-28,30,36-38H,4-7,9-10,14,16-20H2,1-3H3/t23-,24+,26+,27-,28+,30+/m1/s1. The fourth-order valence-corrected chi connectivity index (χ4v) is 7.60. The number of ether oxygens (including phenoxy) is 3. The topological polar surface area (TPSA) is 109 Å². The van der Waals surface area contributed by atoms with E-state index in [4.69, 9.17) is 14.2 Å². The van der Waals surface area contributed by atoms with Gasteiger partial charge in [-0.25, -0.2) is 4.79 Å². The van der Waals surface area contributed by atoms with Crippen LogP contribution in [-0.4, -0.2) is 71.2 Å². The molecular weight excluding hydrogens is 534 g/mol. The van der Waals surface area contributed by atoms with Gasteiger partial charge in [0, 0.05) is 24.5 Å². The number of methoxy groups -OCH3 is 1. The SMILES string of the molecule is CCCCCc1cccc(C[C@H]2C[C@@H]3[C@H]4C(=CCCN3[C@H]([C@@H](O)CC)C2)OC(=C2OC(=O)C(CO)=C2OC)[C@H]4CO)c1. The third-order valence-electron chi connectivity index (χ3n) is 9.63. The van der Waals surface area contributed by atoms with Gasteiger partial charge in [0.1, 0.15) is 11.3 Å². The van der Waals surface area contributed by atoms with Gasteiger partial charge in [0.05, 0.1) is 32.3 Å². The molecule has 0 unspecified atom stereocenters. The molecule has 4 heterocycles. The van der Waals surface area contributed by atoms with Crippen molar-refractivity contribution in [2.45, 2.75) is 89.8 Å². The van der Waals surface area contributed by atoms with Crippen LogP contribution in [0.3, 0.4) is 0 Å². The van der Waals surface area contributed by atoms with Crippen molar-refractivity contribution in [1.29, 1.82) is 0 Å². The molecule has 6 atom stereocenters. The molecular formula is C34H47NO7. The maximum atomic E-state index is 12.5. The lowest BCUT2D eigenvalue weighted by molar-refractivity contribution is -0.134. The number of esters is 1. The number of carbonyl (C=O) groups is 1. The van der Waals surface area contributed by atoms with Crippen LogP contribution in [0.15, 0.2) is 59.0 Å². The van der Waals surface area contributed by atoms with Crippen LogP contribution in [0.2, 0.25) is 0 Å². The Balaban J connectivity index is 1.46. The molecule has 5 rings (SSSR count). The zero-order valence-corrected chi connectivity index (χ0v) is 25.3. The second kappa shape index (κ2) is 13.8. The first-order chi connectivity index (χ1) is 20.4. The lowest BCUT2D eigenvalue weighted by Gasteiger charge is -2.49. The molecule has 0 radical (unpaired) electrons. The summed E-state index contributed by atoms with van der Waals surface area (Å²) in [6.07, 6.45) is 10.6. The quantitative estimate of drug-likeness (QED) is 0.261. The third-order valence-corrected chi connectivity index (χ3v) is 9.63. The Bertz CT molecular complexity index is 1220. The number of piperidine rings is 1. The molecule has 0 aliphatic carbocycles. The van der Waals surface area contributed by atoms with Crippen LogP contribution in [0.5, 0.6) is 0 Å². The van der Waals surface area contributed by atoms with Gasteiger partial charge in [-0.05, 0) is 68.1 Å². The molecule has 0 bridgehead atoms. The molecule has 0 aromatic heterocycles. The molecule has 0 saturated carbocycles. The first-order valence-corrected chi connectivity index (χ1v) is 15.8. The first-order valence-electron chi connectivity index (χ1n) is 15.8. The molecule has 3 N–H and O–H groups in total. The number of unbranched alkanes of at least 4 members (excludes halogenated alkanes) is 2. The number of carbonyl (C=O) groups excluding carboxylic acids is 1. The molecule has 4 aliphatic rings.